The lowest BCUT2D eigenvalue weighted by molar-refractivity contribution is -0.384. The van der Waals surface area contributed by atoms with Gasteiger partial charge in [-0.2, -0.15) is 0 Å². The molecule has 1 amide bonds. The van der Waals surface area contributed by atoms with Crippen molar-refractivity contribution in [2.75, 3.05) is 6.54 Å². The summed E-state index contributed by atoms with van der Waals surface area (Å²) in [6, 6.07) is 8.66. The number of carbonyl (C=O) groups excluding carboxylic acids is 2. The Hall–Kier alpha value is -3.16. The number of non-ortho nitro benzene ring substituents is 1. The molecule has 1 heterocycles. The predicted molar refractivity (Wildman–Crippen MR) is 73.9 cm³/mol. The first-order valence-electron chi connectivity index (χ1n) is 6.27. The number of ether oxygens (including phenoxy) is 1. The predicted octanol–water partition coefficient (Wildman–Crippen LogP) is 1.66. The second-order valence-electron chi connectivity index (χ2n) is 4.24. The van der Waals surface area contributed by atoms with Crippen molar-refractivity contribution in [1.29, 1.82) is 0 Å². The number of nitrogens with zero attached hydrogens (tertiary/aromatic N) is 1. The number of hydrogen-bond donors (Lipinski definition) is 1. The minimum atomic E-state index is -0.627. The lowest BCUT2D eigenvalue weighted by atomic mass is 10.2. The average Bonchev–Trinajstić information content (AvgIpc) is 3.05. The zero-order valence-corrected chi connectivity index (χ0v) is 11.4. The Morgan fingerprint density at radius 1 is 1.23 bits per heavy atom. The Kier molecular flexibility index (Phi) is 4.86. The van der Waals surface area contributed by atoms with E-state index in [0.29, 0.717) is 5.56 Å². The van der Waals surface area contributed by atoms with Crippen LogP contribution < -0.4 is 5.32 Å². The van der Waals surface area contributed by atoms with E-state index in [9.17, 15) is 19.7 Å². The molecule has 0 radical (unpaired) electrons. The second kappa shape index (κ2) is 7.02. The summed E-state index contributed by atoms with van der Waals surface area (Å²) in [5.74, 6) is -1.04. The molecular weight excluding hydrogens is 292 g/mol. The second-order valence-corrected chi connectivity index (χ2v) is 4.24. The summed E-state index contributed by atoms with van der Waals surface area (Å²) in [6.07, 6.45) is 1.35. The van der Waals surface area contributed by atoms with Crippen LogP contribution in [-0.2, 0) is 16.1 Å². The van der Waals surface area contributed by atoms with Gasteiger partial charge in [0, 0.05) is 12.1 Å². The topological polar surface area (TPSA) is 112 Å². The first-order chi connectivity index (χ1) is 10.6. The number of rotatable bonds is 6. The maximum atomic E-state index is 11.5. The molecule has 0 atom stereocenters. The molecule has 1 aromatic carbocycles. The van der Waals surface area contributed by atoms with E-state index in [2.05, 4.69) is 5.32 Å². The summed E-state index contributed by atoms with van der Waals surface area (Å²) < 4.78 is 9.81. The number of amides is 1. The van der Waals surface area contributed by atoms with Gasteiger partial charge in [-0.25, -0.2) is 0 Å². The van der Waals surface area contributed by atoms with Crippen LogP contribution in [-0.4, -0.2) is 23.3 Å². The monoisotopic (exact) mass is 304 g/mol. The van der Waals surface area contributed by atoms with Crippen molar-refractivity contribution in [1.82, 2.24) is 5.32 Å². The van der Waals surface area contributed by atoms with Gasteiger partial charge in [0.25, 0.3) is 11.6 Å². The van der Waals surface area contributed by atoms with Gasteiger partial charge in [0.1, 0.15) is 13.2 Å². The summed E-state index contributed by atoms with van der Waals surface area (Å²) >= 11 is 0. The minimum absolute atomic E-state index is 0.0343. The van der Waals surface area contributed by atoms with Gasteiger partial charge in [-0.15, -0.1) is 0 Å². The molecule has 0 aliphatic heterocycles. The van der Waals surface area contributed by atoms with Crippen molar-refractivity contribution >= 4 is 17.6 Å². The van der Waals surface area contributed by atoms with Crippen LogP contribution in [0, 0.1) is 10.1 Å². The third-order valence-corrected chi connectivity index (χ3v) is 2.69. The SMILES string of the molecule is O=C(CNC(=O)c1ccco1)OCc1ccc([N+](=O)[O-])cc1. The van der Waals surface area contributed by atoms with Crippen LogP contribution in [0.1, 0.15) is 16.1 Å². The molecule has 22 heavy (non-hydrogen) atoms. The first kappa shape index (κ1) is 15.2. The van der Waals surface area contributed by atoms with E-state index < -0.39 is 16.8 Å². The van der Waals surface area contributed by atoms with Crippen molar-refractivity contribution in [3.8, 4) is 0 Å². The molecular formula is C14H12N2O6. The molecule has 1 aromatic heterocycles. The largest absolute Gasteiger partial charge is 0.460 e. The molecule has 0 saturated heterocycles. The molecule has 0 unspecified atom stereocenters. The summed E-state index contributed by atoms with van der Waals surface area (Å²) in [6.45, 7) is -0.333. The third-order valence-electron chi connectivity index (χ3n) is 2.69. The van der Waals surface area contributed by atoms with Crippen molar-refractivity contribution in [3.05, 3.63) is 64.1 Å². The summed E-state index contributed by atoms with van der Waals surface area (Å²) in [4.78, 5) is 33.0. The fourth-order valence-electron chi connectivity index (χ4n) is 1.58. The van der Waals surface area contributed by atoms with Crippen LogP contribution in [0.2, 0.25) is 0 Å². The molecule has 2 aromatic rings. The van der Waals surface area contributed by atoms with Crippen LogP contribution in [0.5, 0.6) is 0 Å². The molecule has 0 saturated carbocycles. The Labute approximate surface area is 124 Å². The molecule has 0 spiro atoms. The van der Waals surface area contributed by atoms with E-state index in [1.54, 1.807) is 6.07 Å². The number of carbonyl (C=O) groups is 2. The number of nitrogens with one attached hydrogen (secondary N) is 1. The molecule has 8 heteroatoms. The summed E-state index contributed by atoms with van der Waals surface area (Å²) in [7, 11) is 0. The van der Waals surface area contributed by atoms with E-state index in [0.717, 1.165) is 0 Å². The van der Waals surface area contributed by atoms with Crippen LogP contribution in [0.25, 0.3) is 0 Å². The number of furan rings is 1. The highest BCUT2D eigenvalue weighted by Gasteiger charge is 2.11. The van der Waals surface area contributed by atoms with E-state index in [1.165, 1.54) is 36.6 Å². The fourth-order valence-corrected chi connectivity index (χ4v) is 1.58. The van der Waals surface area contributed by atoms with Gasteiger partial charge in [-0.05, 0) is 29.8 Å². The fraction of sp³-hybridized carbons (Fsp3) is 0.143. The lowest BCUT2D eigenvalue weighted by Crippen LogP contribution is -2.30. The number of nitro groups is 1. The van der Waals surface area contributed by atoms with Crippen LogP contribution in [0.15, 0.2) is 47.1 Å². The molecule has 0 aliphatic rings. The number of benzene rings is 1. The maximum absolute atomic E-state index is 11.5. The number of esters is 1. The third kappa shape index (κ3) is 4.17. The van der Waals surface area contributed by atoms with Crippen molar-refractivity contribution in [2.45, 2.75) is 6.61 Å². The van der Waals surface area contributed by atoms with Gasteiger partial charge >= 0.3 is 5.97 Å². The molecule has 8 nitrogen and oxygen atoms in total. The van der Waals surface area contributed by atoms with Gasteiger partial charge in [0.2, 0.25) is 0 Å². The smallest absolute Gasteiger partial charge is 0.325 e. The van der Waals surface area contributed by atoms with Crippen LogP contribution in [0.3, 0.4) is 0 Å². The first-order valence-corrected chi connectivity index (χ1v) is 6.27. The van der Waals surface area contributed by atoms with E-state index in [1.807, 2.05) is 0 Å². The van der Waals surface area contributed by atoms with Gasteiger partial charge < -0.3 is 14.5 Å². The van der Waals surface area contributed by atoms with Gasteiger partial charge in [0.15, 0.2) is 5.76 Å². The highest BCUT2D eigenvalue weighted by atomic mass is 16.6. The van der Waals surface area contributed by atoms with Crippen LogP contribution in [0.4, 0.5) is 5.69 Å². The maximum Gasteiger partial charge on any atom is 0.325 e. The molecule has 0 bridgehead atoms. The highest BCUT2D eigenvalue weighted by Crippen LogP contribution is 2.12. The van der Waals surface area contributed by atoms with E-state index in [4.69, 9.17) is 9.15 Å². The standard InChI is InChI=1S/C14H12N2O6/c17-13(8-15-14(18)12-2-1-7-21-12)22-9-10-3-5-11(6-4-10)16(19)20/h1-7H,8-9H2,(H,15,18). The summed E-state index contributed by atoms with van der Waals surface area (Å²) in [5.41, 5.74) is 0.567. The Bertz CT molecular complexity index is 663. The molecule has 114 valence electrons. The minimum Gasteiger partial charge on any atom is -0.460 e. The normalized spacial score (nSPS) is 10.0. The van der Waals surface area contributed by atoms with Gasteiger partial charge in [-0.1, -0.05) is 0 Å². The molecule has 0 aliphatic carbocycles. The zero-order valence-electron chi connectivity index (χ0n) is 11.4. The Morgan fingerprint density at radius 2 is 1.95 bits per heavy atom. The van der Waals surface area contributed by atoms with Crippen molar-refractivity contribution in [3.63, 3.8) is 0 Å². The van der Waals surface area contributed by atoms with Gasteiger partial charge in [0.05, 0.1) is 11.2 Å². The average molecular weight is 304 g/mol. The van der Waals surface area contributed by atoms with E-state index >= 15 is 0 Å². The number of hydrogen-bond acceptors (Lipinski definition) is 6. The highest BCUT2D eigenvalue weighted by molar-refractivity contribution is 5.93. The molecule has 0 fully saturated rings. The summed E-state index contributed by atoms with van der Waals surface area (Å²) in [5, 5.41) is 12.8. The van der Waals surface area contributed by atoms with E-state index in [-0.39, 0.29) is 24.6 Å². The molecule has 1 N–H and O–H groups in total. The van der Waals surface area contributed by atoms with Crippen LogP contribution >= 0.6 is 0 Å². The molecule has 2 rings (SSSR count). The van der Waals surface area contributed by atoms with Crippen molar-refractivity contribution in [2.24, 2.45) is 0 Å². The Balaban J connectivity index is 1.75. The van der Waals surface area contributed by atoms with Crippen molar-refractivity contribution < 1.29 is 23.7 Å². The quantitative estimate of drug-likeness (QED) is 0.493. The van der Waals surface area contributed by atoms with Gasteiger partial charge in [-0.3, -0.25) is 19.7 Å². The zero-order chi connectivity index (χ0) is 15.9. The lowest BCUT2D eigenvalue weighted by Gasteiger charge is -2.05. The number of nitro benzene ring substituents is 1. The Morgan fingerprint density at radius 3 is 2.55 bits per heavy atom.